The minimum atomic E-state index is -4.94. The van der Waals surface area contributed by atoms with Crippen molar-refractivity contribution in [1.82, 2.24) is 0 Å². The minimum absolute atomic E-state index is 0.0735. The zero-order valence-corrected chi connectivity index (χ0v) is 11.7. The van der Waals surface area contributed by atoms with E-state index in [-0.39, 0.29) is 16.3 Å². The van der Waals surface area contributed by atoms with Gasteiger partial charge < -0.3 is 9.84 Å². The molecule has 0 saturated carbocycles. The molecule has 2 rings (SSSR count). The number of alkyl halides is 3. The second-order valence-corrected chi connectivity index (χ2v) is 4.86. The first-order valence-electron chi connectivity index (χ1n) is 5.99. The Labute approximate surface area is 124 Å². The second-order valence-electron chi connectivity index (χ2n) is 4.42. The van der Waals surface area contributed by atoms with Crippen molar-refractivity contribution in [2.75, 3.05) is 7.11 Å². The third kappa shape index (κ3) is 2.71. The summed E-state index contributed by atoms with van der Waals surface area (Å²) in [4.78, 5) is 0. The van der Waals surface area contributed by atoms with E-state index in [2.05, 4.69) is 0 Å². The first-order valence-corrected chi connectivity index (χ1v) is 6.37. The Balaban J connectivity index is 2.76. The highest BCUT2D eigenvalue weighted by Gasteiger charge is 2.57. The molecular formula is C15H12ClF3O2. The van der Waals surface area contributed by atoms with Crippen LogP contribution in [-0.4, -0.2) is 18.4 Å². The Morgan fingerprint density at radius 2 is 1.67 bits per heavy atom. The Kier molecular flexibility index (Phi) is 4.16. The van der Waals surface area contributed by atoms with E-state index in [1.165, 1.54) is 43.5 Å². The molecule has 0 bridgehead atoms. The number of benzene rings is 2. The number of ether oxygens (including phenoxy) is 1. The van der Waals surface area contributed by atoms with Gasteiger partial charge in [-0.15, -0.1) is 0 Å². The Morgan fingerprint density at radius 1 is 1.05 bits per heavy atom. The topological polar surface area (TPSA) is 29.5 Å². The van der Waals surface area contributed by atoms with Crippen LogP contribution < -0.4 is 4.74 Å². The van der Waals surface area contributed by atoms with E-state index in [0.717, 1.165) is 6.07 Å². The van der Waals surface area contributed by atoms with Gasteiger partial charge in [-0.25, -0.2) is 0 Å². The van der Waals surface area contributed by atoms with Gasteiger partial charge in [-0.05, 0) is 23.8 Å². The monoisotopic (exact) mass is 316 g/mol. The number of halogens is 4. The molecule has 2 aromatic carbocycles. The van der Waals surface area contributed by atoms with Gasteiger partial charge >= 0.3 is 6.18 Å². The number of aliphatic hydroxyl groups is 1. The predicted molar refractivity (Wildman–Crippen MR) is 73.5 cm³/mol. The molecule has 0 heterocycles. The van der Waals surface area contributed by atoms with Crippen LogP contribution in [-0.2, 0) is 5.60 Å². The van der Waals surface area contributed by atoms with Crippen molar-refractivity contribution in [3.8, 4) is 5.75 Å². The summed E-state index contributed by atoms with van der Waals surface area (Å²) in [6.45, 7) is 0. The van der Waals surface area contributed by atoms with Crippen molar-refractivity contribution < 1.29 is 23.0 Å². The fraction of sp³-hybridized carbons (Fsp3) is 0.200. The molecule has 0 aliphatic carbocycles. The molecule has 2 aromatic rings. The van der Waals surface area contributed by atoms with Crippen molar-refractivity contribution in [3.63, 3.8) is 0 Å². The van der Waals surface area contributed by atoms with E-state index >= 15 is 0 Å². The van der Waals surface area contributed by atoms with Crippen molar-refractivity contribution in [1.29, 1.82) is 0 Å². The Hall–Kier alpha value is -1.72. The van der Waals surface area contributed by atoms with Gasteiger partial charge in [-0.3, -0.25) is 0 Å². The van der Waals surface area contributed by atoms with Crippen molar-refractivity contribution >= 4 is 11.6 Å². The highest BCUT2D eigenvalue weighted by Crippen LogP contribution is 2.47. The fourth-order valence-electron chi connectivity index (χ4n) is 2.11. The Morgan fingerprint density at radius 3 is 2.19 bits per heavy atom. The molecule has 2 nitrogen and oxygen atoms in total. The van der Waals surface area contributed by atoms with Gasteiger partial charge in [0, 0.05) is 10.6 Å². The van der Waals surface area contributed by atoms with Crippen LogP contribution >= 0.6 is 11.6 Å². The minimum Gasteiger partial charge on any atom is -0.496 e. The zero-order valence-electron chi connectivity index (χ0n) is 11.0. The van der Waals surface area contributed by atoms with E-state index in [4.69, 9.17) is 16.3 Å². The van der Waals surface area contributed by atoms with Crippen LogP contribution in [0, 0.1) is 0 Å². The van der Waals surface area contributed by atoms with E-state index in [0.29, 0.717) is 0 Å². The third-order valence-corrected chi connectivity index (χ3v) is 3.39. The SMILES string of the molecule is COc1ccc(Cl)cc1C(O)(c1ccccc1)C(F)(F)F. The van der Waals surface area contributed by atoms with Gasteiger partial charge in [0.15, 0.2) is 0 Å². The molecule has 0 aliphatic heterocycles. The van der Waals surface area contributed by atoms with Crippen LogP contribution in [0.5, 0.6) is 5.75 Å². The summed E-state index contributed by atoms with van der Waals surface area (Å²) in [5, 5.41) is 10.5. The first-order chi connectivity index (χ1) is 9.80. The van der Waals surface area contributed by atoms with Gasteiger partial charge in [0.2, 0.25) is 5.60 Å². The summed E-state index contributed by atoms with van der Waals surface area (Å²) in [5.74, 6) is -0.0944. The summed E-state index contributed by atoms with van der Waals surface area (Å²) in [7, 11) is 1.23. The van der Waals surface area contributed by atoms with E-state index < -0.39 is 17.3 Å². The average Bonchev–Trinajstić information content (AvgIpc) is 2.46. The second kappa shape index (κ2) is 5.58. The van der Waals surface area contributed by atoms with E-state index in [1.54, 1.807) is 6.07 Å². The molecule has 1 atom stereocenters. The molecule has 21 heavy (non-hydrogen) atoms. The molecule has 0 radical (unpaired) electrons. The Bertz CT molecular complexity index is 629. The number of rotatable bonds is 3. The highest BCUT2D eigenvalue weighted by atomic mass is 35.5. The number of hydrogen-bond acceptors (Lipinski definition) is 2. The number of methoxy groups -OCH3 is 1. The predicted octanol–water partition coefficient (Wildman–Crippen LogP) is 4.15. The van der Waals surface area contributed by atoms with Crippen LogP contribution in [0.4, 0.5) is 13.2 Å². The van der Waals surface area contributed by atoms with Gasteiger partial charge in [-0.2, -0.15) is 13.2 Å². The molecule has 0 saturated heterocycles. The molecule has 0 aromatic heterocycles. The molecule has 0 aliphatic rings. The summed E-state index contributed by atoms with van der Waals surface area (Å²) >= 11 is 5.78. The molecule has 1 unspecified atom stereocenters. The molecule has 1 N–H and O–H groups in total. The highest BCUT2D eigenvalue weighted by molar-refractivity contribution is 6.30. The van der Waals surface area contributed by atoms with Crippen molar-refractivity contribution in [2.45, 2.75) is 11.8 Å². The quantitative estimate of drug-likeness (QED) is 0.922. The van der Waals surface area contributed by atoms with Crippen LogP contribution in [0.2, 0.25) is 5.02 Å². The van der Waals surface area contributed by atoms with Gasteiger partial charge in [0.05, 0.1) is 7.11 Å². The first kappa shape index (κ1) is 15.7. The lowest BCUT2D eigenvalue weighted by atomic mass is 9.85. The summed E-state index contributed by atoms with van der Waals surface area (Å²) in [5.41, 5.74) is -3.96. The number of hydrogen-bond donors (Lipinski definition) is 1. The smallest absolute Gasteiger partial charge is 0.425 e. The largest absolute Gasteiger partial charge is 0.496 e. The van der Waals surface area contributed by atoms with Crippen molar-refractivity contribution in [3.05, 3.63) is 64.7 Å². The standard InChI is InChI=1S/C15H12ClF3O2/c1-21-13-8-7-11(16)9-12(13)14(20,15(17,18)19)10-5-3-2-4-6-10/h2-9,20H,1H3. The summed E-state index contributed by atoms with van der Waals surface area (Å²) in [6.07, 6.45) is -4.94. The molecule has 0 fully saturated rings. The van der Waals surface area contributed by atoms with Crippen molar-refractivity contribution in [2.24, 2.45) is 0 Å². The fourth-order valence-corrected chi connectivity index (χ4v) is 2.29. The lowest BCUT2D eigenvalue weighted by molar-refractivity contribution is -0.248. The van der Waals surface area contributed by atoms with E-state index in [9.17, 15) is 18.3 Å². The molecule has 112 valence electrons. The van der Waals surface area contributed by atoms with Gasteiger partial charge in [0.1, 0.15) is 5.75 Å². The van der Waals surface area contributed by atoms with Gasteiger partial charge in [0.25, 0.3) is 0 Å². The average molecular weight is 317 g/mol. The van der Waals surface area contributed by atoms with Crippen LogP contribution in [0.1, 0.15) is 11.1 Å². The normalized spacial score (nSPS) is 14.6. The molecule has 0 spiro atoms. The lowest BCUT2D eigenvalue weighted by Gasteiger charge is -2.32. The summed E-state index contributed by atoms with van der Waals surface area (Å²) < 4.78 is 45.7. The van der Waals surface area contributed by atoms with Crippen LogP contribution in [0.3, 0.4) is 0 Å². The van der Waals surface area contributed by atoms with E-state index in [1.807, 2.05) is 0 Å². The maximum atomic E-state index is 13.6. The molecular weight excluding hydrogens is 305 g/mol. The van der Waals surface area contributed by atoms with Crippen LogP contribution in [0.15, 0.2) is 48.5 Å². The van der Waals surface area contributed by atoms with Crippen LogP contribution in [0.25, 0.3) is 0 Å². The summed E-state index contributed by atoms with van der Waals surface area (Å²) in [6, 6.07) is 10.5. The maximum Gasteiger partial charge on any atom is 0.425 e. The zero-order chi connectivity index (χ0) is 15.7. The lowest BCUT2D eigenvalue weighted by Crippen LogP contribution is -2.43. The maximum absolute atomic E-state index is 13.6. The van der Waals surface area contributed by atoms with Gasteiger partial charge in [-0.1, -0.05) is 41.9 Å². The molecule has 6 heteroatoms. The molecule has 0 amide bonds. The third-order valence-electron chi connectivity index (χ3n) is 3.15.